The van der Waals surface area contributed by atoms with Gasteiger partial charge in [-0.25, -0.2) is 9.97 Å². The Morgan fingerprint density at radius 2 is 1.39 bits per heavy atom. The number of rotatable bonds is 7. The maximum Gasteiger partial charge on any atom is 0.226 e. The summed E-state index contributed by atoms with van der Waals surface area (Å²) in [6, 6.07) is 11.8. The summed E-state index contributed by atoms with van der Waals surface area (Å²) >= 11 is 0. The van der Waals surface area contributed by atoms with Crippen LogP contribution in [0, 0.1) is 5.92 Å². The summed E-state index contributed by atoms with van der Waals surface area (Å²) in [5.41, 5.74) is 3.79. The predicted octanol–water partition coefficient (Wildman–Crippen LogP) is 3.95. The van der Waals surface area contributed by atoms with Gasteiger partial charge in [0.05, 0.1) is 36.9 Å². The summed E-state index contributed by atoms with van der Waals surface area (Å²) in [6.07, 6.45) is 9.38. The van der Waals surface area contributed by atoms with E-state index in [0.29, 0.717) is 13.1 Å². The molecule has 0 bridgehead atoms. The zero-order valence-corrected chi connectivity index (χ0v) is 16.3. The van der Waals surface area contributed by atoms with Crippen molar-refractivity contribution in [3.63, 3.8) is 0 Å². The molecule has 0 spiro atoms. The molecule has 0 saturated carbocycles. The number of fused-ring (bicyclic) bond motifs is 2. The molecule has 0 saturated heterocycles. The fourth-order valence-corrected chi connectivity index (χ4v) is 3.70. The summed E-state index contributed by atoms with van der Waals surface area (Å²) in [5.74, 6) is 0.208. The lowest BCUT2D eigenvalue weighted by Gasteiger charge is -2.26. The standard InChI is InChI=1S/C22H25N5O/c1-3-17(4-2)22(28)25(15-18-13-23-20-9-5-7-11-26(18)20)16-19-14-24-21-10-6-8-12-27(19)21/h5-14,17H,3-4,15-16H2,1-2H3. The highest BCUT2D eigenvalue weighted by atomic mass is 16.2. The number of amides is 1. The van der Waals surface area contributed by atoms with Gasteiger partial charge in [-0.05, 0) is 37.1 Å². The zero-order chi connectivity index (χ0) is 19.5. The third kappa shape index (κ3) is 3.38. The molecular weight excluding hydrogens is 350 g/mol. The lowest BCUT2D eigenvalue weighted by Crippen LogP contribution is -2.35. The molecule has 0 aliphatic rings. The molecule has 0 aliphatic heterocycles. The third-order valence-corrected chi connectivity index (χ3v) is 5.34. The minimum atomic E-state index is 0.0263. The maximum atomic E-state index is 13.3. The molecule has 28 heavy (non-hydrogen) atoms. The van der Waals surface area contributed by atoms with Gasteiger partial charge in [0.15, 0.2) is 0 Å². The van der Waals surface area contributed by atoms with Gasteiger partial charge >= 0.3 is 0 Å². The largest absolute Gasteiger partial charge is 0.331 e. The molecule has 4 rings (SSSR count). The third-order valence-electron chi connectivity index (χ3n) is 5.34. The van der Waals surface area contributed by atoms with Crippen molar-refractivity contribution in [3.05, 3.63) is 72.6 Å². The molecule has 0 fully saturated rings. The van der Waals surface area contributed by atoms with Crippen molar-refractivity contribution in [1.82, 2.24) is 23.7 Å². The van der Waals surface area contributed by atoms with Crippen LogP contribution in [0.25, 0.3) is 11.3 Å². The lowest BCUT2D eigenvalue weighted by molar-refractivity contribution is -0.137. The Morgan fingerprint density at radius 1 is 0.893 bits per heavy atom. The molecule has 144 valence electrons. The number of carbonyl (C=O) groups excluding carboxylic acids is 1. The minimum Gasteiger partial charge on any atom is -0.331 e. The van der Waals surface area contributed by atoms with Gasteiger partial charge in [-0.3, -0.25) is 4.79 Å². The van der Waals surface area contributed by atoms with Crippen LogP contribution in [0.5, 0.6) is 0 Å². The fourth-order valence-electron chi connectivity index (χ4n) is 3.70. The Hall–Kier alpha value is -3.15. The van der Waals surface area contributed by atoms with Crippen LogP contribution >= 0.6 is 0 Å². The zero-order valence-electron chi connectivity index (χ0n) is 16.3. The highest BCUT2D eigenvalue weighted by molar-refractivity contribution is 5.78. The smallest absolute Gasteiger partial charge is 0.226 e. The molecule has 0 unspecified atom stereocenters. The summed E-state index contributed by atoms with van der Waals surface area (Å²) in [5, 5.41) is 0. The van der Waals surface area contributed by atoms with Crippen LogP contribution in [0.15, 0.2) is 61.2 Å². The first-order valence-corrected chi connectivity index (χ1v) is 9.82. The van der Waals surface area contributed by atoms with Crippen molar-refractivity contribution in [2.24, 2.45) is 5.92 Å². The van der Waals surface area contributed by atoms with Crippen molar-refractivity contribution >= 4 is 17.2 Å². The summed E-state index contributed by atoms with van der Waals surface area (Å²) in [7, 11) is 0. The number of nitrogens with zero attached hydrogens (tertiary/aromatic N) is 5. The molecule has 4 heterocycles. The van der Waals surface area contributed by atoms with E-state index in [4.69, 9.17) is 0 Å². The minimum absolute atomic E-state index is 0.0263. The fraction of sp³-hybridized carbons (Fsp3) is 0.318. The van der Waals surface area contributed by atoms with E-state index in [-0.39, 0.29) is 11.8 Å². The van der Waals surface area contributed by atoms with Gasteiger partial charge in [0.1, 0.15) is 11.3 Å². The van der Waals surface area contributed by atoms with E-state index in [1.54, 1.807) is 0 Å². The molecule has 0 atom stereocenters. The first kappa shape index (κ1) is 18.2. The number of carbonyl (C=O) groups is 1. The van der Waals surface area contributed by atoms with E-state index in [2.05, 4.69) is 23.8 Å². The Morgan fingerprint density at radius 3 is 1.86 bits per heavy atom. The van der Waals surface area contributed by atoms with Crippen LogP contribution in [0.4, 0.5) is 0 Å². The Labute approximate surface area is 164 Å². The maximum absolute atomic E-state index is 13.3. The Kier molecular flexibility index (Phi) is 5.10. The second-order valence-electron chi connectivity index (χ2n) is 7.06. The number of aromatic nitrogens is 4. The summed E-state index contributed by atoms with van der Waals surface area (Å²) < 4.78 is 4.09. The molecule has 6 nitrogen and oxygen atoms in total. The molecular formula is C22H25N5O. The molecule has 1 amide bonds. The van der Waals surface area contributed by atoms with Gasteiger partial charge in [-0.2, -0.15) is 0 Å². The van der Waals surface area contributed by atoms with Crippen LogP contribution in [-0.2, 0) is 17.9 Å². The molecule has 0 aliphatic carbocycles. The second-order valence-corrected chi connectivity index (χ2v) is 7.06. The van der Waals surface area contributed by atoms with E-state index >= 15 is 0 Å². The average molecular weight is 375 g/mol. The van der Waals surface area contributed by atoms with Crippen molar-refractivity contribution in [1.29, 1.82) is 0 Å². The van der Waals surface area contributed by atoms with Gasteiger partial charge in [-0.15, -0.1) is 0 Å². The molecule has 4 aromatic rings. The number of imidazole rings is 2. The second kappa shape index (κ2) is 7.84. The molecule has 6 heteroatoms. The number of hydrogen-bond acceptors (Lipinski definition) is 3. The SMILES string of the molecule is CCC(CC)C(=O)N(Cc1cnc2ccccn12)Cc1cnc2ccccn12. The first-order valence-electron chi connectivity index (χ1n) is 9.82. The van der Waals surface area contributed by atoms with Crippen LogP contribution in [0.2, 0.25) is 0 Å². The highest BCUT2D eigenvalue weighted by Crippen LogP contribution is 2.19. The lowest BCUT2D eigenvalue weighted by atomic mass is 10.0. The normalized spacial score (nSPS) is 11.5. The van der Waals surface area contributed by atoms with E-state index < -0.39 is 0 Å². The van der Waals surface area contributed by atoms with E-state index in [0.717, 1.165) is 35.5 Å². The number of pyridine rings is 2. The summed E-state index contributed by atoms with van der Waals surface area (Å²) in [4.78, 5) is 24.2. The molecule has 0 radical (unpaired) electrons. The molecule has 0 N–H and O–H groups in total. The summed E-state index contributed by atoms with van der Waals surface area (Å²) in [6.45, 7) is 5.18. The van der Waals surface area contributed by atoms with E-state index in [9.17, 15) is 4.79 Å². The number of hydrogen-bond donors (Lipinski definition) is 0. The van der Waals surface area contributed by atoms with Crippen molar-refractivity contribution in [2.75, 3.05) is 0 Å². The van der Waals surface area contributed by atoms with E-state index in [1.165, 1.54) is 0 Å². The van der Waals surface area contributed by atoms with E-state index in [1.807, 2.05) is 74.9 Å². The van der Waals surface area contributed by atoms with Crippen LogP contribution < -0.4 is 0 Å². The predicted molar refractivity (Wildman–Crippen MR) is 109 cm³/mol. The molecule has 0 aromatic carbocycles. The van der Waals surface area contributed by atoms with Gasteiger partial charge in [0, 0.05) is 18.3 Å². The monoisotopic (exact) mass is 375 g/mol. The van der Waals surface area contributed by atoms with Crippen molar-refractivity contribution in [3.8, 4) is 0 Å². The average Bonchev–Trinajstić information content (AvgIpc) is 3.33. The quantitative estimate of drug-likeness (QED) is 0.491. The highest BCUT2D eigenvalue weighted by Gasteiger charge is 2.24. The van der Waals surface area contributed by atoms with Crippen molar-refractivity contribution < 1.29 is 4.79 Å². The first-order chi connectivity index (χ1) is 13.7. The van der Waals surface area contributed by atoms with Gasteiger partial charge in [0.25, 0.3) is 0 Å². The van der Waals surface area contributed by atoms with Gasteiger partial charge in [0.2, 0.25) is 5.91 Å². The van der Waals surface area contributed by atoms with Crippen LogP contribution in [0.3, 0.4) is 0 Å². The van der Waals surface area contributed by atoms with Crippen LogP contribution in [-0.4, -0.2) is 29.6 Å². The van der Waals surface area contributed by atoms with Gasteiger partial charge < -0.3 is 13.7 Å². The Bertz CT molecular complexity index is 1020. The van der Waals surface area contributed by atoms with Crippen LogP contribution in [0.1, 0.15) is 38.1 Å². The Balaban J connectivity index is 1.68. The van der Waals surface area contributed by atoms with Gasteiger partial charge in [-0.1, -0.05) is 26.0 Å². The van der Waals surface area contributed by atoms with Crippen molar-refractivity contribution in [2.45, 2.75) is 39.8 Å². The molecule has 4 aromatic heterocycles. The topological polar surface area (TPSA) is 54.9 Å².